The zero-order valence-corrected chi connectivity index (χ0v) is 16.4. The standard InChI is InChI=1S/C17H16F4N2O4S2/c18-11-1-5-16(14(20)9-11)28(24,25)22-7-8-23(13-3-4-13)29(26,27)17-6-2-12(19)10-15(17)21/h1-2,5-6,9-10,13,22H,3-4,7-8H2. The monoisotopic (exact) mass is 452 g/mol. The third-order valence-corrected chi connectivity index (χ3v) is 7.72. The molecular formula is C17H16F4N2O4S2. The van der Waals surface area contributed by atoms with Gasteiger partial charge in [-0.25, -0.2) is 39.1 Å². The van der Waals surface area contributed by atoms with E-state index in [1.54, 1.807) is 0 Å². The van der Waals surface area contributed by atoms with Gasteiger partial charge in [0.05, 0.1) is 0 Å². The normalized spacial score (nSPS) is 15.1. The average molecular weight is 452 g/mol. The van der Waals surface area contributed by atoms with Gasteiger partial charge in [0, 0.05) is 31.3 Å². The van der Waals surface area contributed by atoms with Gasteiger partial charge in [0.1, 0.15) is 33.1 Å². The fraction of sp³-hybridized carbons (Fsp3) is 0.294. The second-order valence-electron chi connectivity index (χ2n) is 6.39. The third-order valence-electron chi connectivity index (χ3n) is 4.24. The first kappa shape index (κ1) is 21.7. The highest BCUT2D eigenvalue weighted by molar-refractivity contribution is 7.89. The SMILES string of the molecule is O=S(=O)(NCCN(C1CC1)S(=O)(=O)c1ccc(F)cc1F)c1ccc(F)cc1F. The van der Waals surface area contributed by atoms with Crippen LogP contribution in [0.2, 0.25) is 0 Å². The van der Waals surface area contributed by atoms with Gasteiger partial charge in [0.15, 0.2) is 0 Å². The summed E-state index contributed by atoms with van der Waals surface area (Å²) in [5, 5.41) is 0. The molecule has 1 fully saturated rings. The van der Waals surface area contributed by atoms with Crippen LogP contribution < -0.4 is 4.72 Å². The highest BCUT2D eigenvalue weighted by Gasteiger charge is 2.39. The van der Waals surface area contributed by atoms with Crippen molar-refractivity contribution in [3.8, 4) is 0 Å². The van der Waals surface area contributed by atoms with Crippen LogP contribution in [0.3, 0.4) is 0 Å². The minimum atomic E-state index is -4.37. The van der Waals surface area contributed by atoms with Crippen molar-refractivity contribution in [2.75, 3.05) is 13.1 Å². The van der Waals surface area contributed by atoms with Crippen molar-refractivity contribution in [1.82, 2.24) is 9.03 Å². The van der Waals surface area contributed by atoms with Crippen molar-refractivity contribution in [1.29, 1.82) is 0 Å². The molecule has 0 spiro atoms. The first-order chi connectivity index (χ1) is 13.5. The zero-order chi connectivity index (χ0) is 21.4. The maximum atomic E-state index is 14.0. The fourth-order valence-corrected chi connectivity index (χ4v) is 5.54. The second-order valence-corrected chi connectivity index (χ2v) is 9.99. The lowest BCUT2D eigenvalue weighted by atomic mass is 10.3. The van der Waals surface area contributed by atoms with Gasteiger partial charge in [0.25, 0.3) is 0 Å². The van der Waals surface area contributed by atoms with E-state index in [1.807, 2.05) is 4.72 Å². The lowest BCUT2D eigenvalue weighted by Crippen LogP contribution is -2.40. The Bertz CT molecular complexity index is 1140. The van der Waals surface area contributed by atoms with E-state index in [0.717, 1.165) is 28.6 Å². The Balaban J connectivity index is 1.76. The van der Waals surface area contributed by atoms with Gasteiger partial charge in [-0.3, -0.25) is 0 Å². The molecule has 0 bridgehead atoms. The van der Waals surface area contributed by atoms with Crippen molar-refractivity contribution < 1.29 is 34.4 Å². The van der Waals surface area contributed by atoms with Crippen molar-refractivity contribution in [3.63, 3.8) is 0 Å². The average Bonchev–Trinajstić information content (AvgIpc) is 3.42. The molecule has 0 aromatic heterocycles. The predicted octanol–water partition coefficient (Wildman–Crippen LogP) is 2.37. The quantitative estimate of drug-likeness (QED) is 0.624. The molecule has 0 aliphatic heterocycles. The molecule has 0 saturated heterocycles. The van der Waals surface area contributed by atoms with Crippen molar-refractivity contribution >= 4 is 20.0 Å². The van der Waals surface area contributed by atoms with Gasteiger partial charge in [-0.1, -0.05) is 0 Å². The van der Waals surface area contributed by atoms with Gasteiger partial charge < -0.3 is 0 Å². The lowest BCUT2D eigenvalue weighted by Gasteiger charge is -2.22. The summed E-state index contributed by atoms with van der Waals surface area (Å²) < 4.78 is 107. The zero-order valence-electron chi connectivity index (χ0n) is 14.8. The topological polar surface area (TPSA) is 83.6 Å². The van der Waals surface area contributed by atoms with E-state index < -0.39 is 65.7 Å². The van der Waals surface area contributed by atoms with Gasteiger partial charge in [-0.2, -0.15) is 4.31 Å². The molecule has 6 nitrogen and oxygen atoms in total. The van der Waals surface area contributed by atoms with Crippen molar-refractivity contribution in [2.45, 2.75) is 28.7 Å². The number of nitrogens with one attached hydrogen (secondary N) is 1. The maximum Gasteiger partial charge on any atom is 0.246 e. The number of sulfonamides is 2. The van der Waals surface area contributed by atoms with Crippen LogP contribution in [0.15, 0.2) is 46.2 Å². The number of hydrogen-bond acceptors (Lipinski definition) is 4. The minimum Gasteiger partial charge on any atom is -0.210 e. The number of rotatable bonds is 8. The van der Waals surface area contributed by atoms with E-state index in [-0.39, 0.29) is 6.54 Å². The molecule has 2 aromatic carbocycles. The van der Waals surface area contributed by atoms with Crippen LogP contribution in [-0.4, -0.2) is 40.3 Å². The van der Waals surface area contributed by atoms with Crippen LogP contribution in [0.25, 0.3) is 0 Å². The Morgan fingerprint density at radius 3 is 1.86 bits per heavy atom. The first-order valence-corrected chi connectivity index (χ1v) is 11.4. The van der Waals surface area contributed by atoms with Gasteiger partial charge in [0.2, 0.25) is 20.0 Å². The summed E-state index contributed by atoms with van der Waals surface area (Å²) in [7, 11) is -8.72. The molecule has 1 aliphatic rings. The van der Waals surface area contributed by atoms with Crippen LogP contribution in [0.5, 0.6) is 0 Å². The van der Waals surface area contributed by atoms with Crippen LogP contribution in [0.1, 0.15) is 12.8 Å². The summed E-state index contributed by atoms with van der Waals surface area (Å²) in [5.74, 6) is -4.44. The van der Waals surface area contributed by atoms with Gasteiger partial charge >= 0.3 is 0 Å². The molecule has 0 unspecified atom stereocenters. The summed E-state index contributed by atoms with van der Waals surface area (Å²) in [6, 6.07) is 3.53. The van der Waals surface area contributed by atoms with Gasteiger partial charge in [-0.15, -0.1) is 0 Å². The molecule has 0 heterocycles. The van der Waals surface area contributed by atoms with Crippen LogP contribution >= 0.6 is 0 Å². The largest absolute Gasteiger partial charge is 0.246 e. The number of benzene rings is 2. The Morgan fingerprint density at radius 2 is 1.38 bits per heavy atom. The molecule has 0 atom stereocenters. The smallest absolute Gasteiger partial charge is 0.210 e. The predicted molar refractivity (Wildman–Crippen MR) is 94.8 cm³/mol. The van der Waals surface area contributed by atoms with Gasteiger partial charge in [-0.05, 0) is 37.1 Å². The van der Waals surface area contributed by atoms with Crippen molar-refractivity contribution in [2.24, 2.45) is 0 Å². The highest BCUT2D eigenvalue weighted by atomic mass is 32.2. The summed E-state index contributed by atoms with van der Waals surface area (Å²) in [6.07, 6.45) is 1.00. The highest BCUT2D eigenvalue weighted by Crippen LogP contribution is 2.32. The van der Waals surface area contributed by atoms with Crippen molar-refractivity contribution in [3.05, 3.63) is 59.7 Å². The Kier molecular flexibility index (Phi) is 5.99. The van der Waals surface area contributed by atoms with E-state index in [0.29, 0.717) is 25.0 Å². The summed E-state index contributed by atoms with van der Waals surface area (Å²) >= 11 is 0. The molecule has 29 heavy (non-hydrogen) atoms. The molecule has 12 heteroatoms. The van der Waals surface area contributed by atoms with Crippen LogP contribution in [0.4, 0.5) is 17.6 Å². The Morgan fingerprint density at radius 1 is 0.862 bits per heavy atom. The second kappa shape index (κ2) is 8.01. The number of hydrogen-bond donors (Lipinski definition) is 1. The molecule has 0 radical (unpaired) electrons. The first-order valence-electron chi connectivity index (χ1n) is 8.44. The number of halogens is 4. The minimum absolute atomic E-state index is 0.355. The molecule has 2 aromatic rings. The number of nitrogens with zero attached hydrogens (tertiary/aromatic N) is 1. The summed E-state index contributed by atoms with van der Waals surface area (Å²) in [4.78, 5) is -1.51. The van der Waals surface area contributed by atoms with E-state index >= 15 is 0 Å². The molecule has 3 rings (SSSR count). The summed E-state index contributed by atoms with van der Waals surface area (Å²) in [6.45, 7) is -0.788. The van der Waals surface area contributed by atoms with E-state index in [9.17, 15) is 34.4 Å². The molecule has 0 amide bonds. The van der Waals surface area contributed by atoms with Crippen LogP contribution in [-0.2, 0) is 20.0 Å². The van der Waals surface area contributed by atoms with E-state index in [2.05, 4.69) is 0 Å². The lowest BCUT2D eigenvalue weighted by molar-refractivity contribution is 0.402. The van der Waals surface area contributed by atoms with E-state index in [1.165, 1.54) is 0 Å². The molecule has 1 N–H and O–H groups in total. The Labute approximate surface area is 165 Å². The fourth-order valence-electron chi connectivity index (χ4n) is 2.73. The maximum absolute atomic E-state index is 14.0. The van der Waals surface area contributed by atoms with Crippen LogP contribution in [0, 0.1) is 23.3 Å². The molecule has 1 saturated carbocycles. The molecule has 158 valence electrons. The third kappa shape index (κ3) is 4.77. The molecular weight excluding hydrogens is 436 g/mol. The van der Waals surface area contributed by atoms with E-state index in [4.69, 9.17) is 0 Å². The molecule has 1 aliphatic carbocycles. The summed E-state index contributed by atoms with van der Waals surface area (Å²) in [5.41, 5.74) is 0. The Hall–Kier alpha value is -2.02.